The molecule has 2 aliphatic carbocycles. The van der Waals surface area contributed by atoms with Gasteiger partial charge in [-0.3, -0.25) is 4.79 Å². The number of rotatable bonds is 8. The first-order valence-electron chi connectivity index (χ1n) is 12.2. The van der Waals surface area contributed by atoms with Crippen LogP contribution < -0.4 is 5.32 Å². The lowest BCUT2D eigenvalue weighted by Gasteiger charge is -2.27. The van der Waals surface area contributed by atoms with Crippen molar-refractivity contribution in [2.45, 2.75) is 43.7 Å². The van der Waals surface area contributed by atoms with Gasteiger partial charge in [-0.1, -0.05) is 61.4 Å². The Labute approximate surface area is 203 Å². The fourth-order valence-corrected chi connectivity index (χ4v) is 5.41. The predicted molar refractivity (Wildman–Crippen MR) is 128 cm³/mol. The highest BCUT2D eigenvalue weighted by atomic mass is 16.5. The highest BCUT2D eigenvalue weighted by Crippen LogP contribution is 2.44. The number of aliphatic carboxylic acids is 1. The van der Waals surface area contributed by atoms with Gasteiger partial charge in [0, 0.05) is 25.4 Å². The van der Waals surface area contributed by atoms with E-state index in [-0.39, 0.29) is 37.9 Å². The van der Waals surface area contributed by atoms with Crippen molar-refractivity contribution in [3.8, 4) is 11.1 Å². The summed E-state index contributed by atoms with van der Waals surface area (Å²) in [5.74, 6) is -1.65. The SMILES string of the molecule is O=C(NCC(CC1CC1)C(=O)N1CC(O)CC1C(=O)O)OCC1c2ccccc2-c2ccccc21. The largest absolute Gasteiger partial charge is 0.480 e. The van der Waals surface area contributed by atoms with E-state index >= 15 is 0 Å². The molecule has 0 aromatic heterocycles. The Kier molecular flexibility index (Phi) is 6.47. The minimum Gasteiger partial charge on any atom is -0.480 e. The lowest BCUT2D eigenvalue weighted by atomic mass is 9.98. The number of hydrogen-bond acceptors (Lipinski definition) is 5. The number of alkyl carbamates (subject to hydrolysis) is 1. The number of ether oxygens (including phenoxy) is 1. The average Bonchev–Trinajstić information content (AvgIpc) is 3.50. The van der Waals surface area contributed by atoms with Crippen LogP contribution in [0.4, 0.5) is 4.79 Å². The normalized spacial score (nSPS) is 21.8. The van der Waals surface area contributed by atoms with Crippen molar-refractivity contribution in [1.29, 1.82) is 0 Å². The van der Waals surface area contributed by atoms with Crippen LogP contribution in [-0.4, -0.2) is 64.9 Å². The van der Waals surface area contributed by atoms with E-state index in [0.717, 1.165) is 35.1 Å². The van der Waals surface area contributed by atoms with Crippen molar-refractivity contribution in [1.82, 2.24) is 10.2 Å². The fourth-order valence-electron chi connectivity index (χ4n) is 5.41. The molecule has 8 heteroatoms. The molecule has 0 radical (unpaired) electrons. The van der Waals surface area contributed by atoms with Crippen LogP contribution in [0.3, 0.4) is 0 Å². The number of nitrogens with zero attached hydrogens (tertiary/aromatic N) is 1. The molecule has 3 N–H and O–H groups in total. The molecule has 8 nitrogen and oxygen atoms in total. The van der Waals surface area contributed by atoms with Crippen molar-refractivity contribution < 1.29 is 29.3 Å². The van der Waals surface area contributed by atoms with Gasteiger partial charge >= 0.3 is 12.1 Å². The second-order valence-electron chi connectivity index (χ2n) is 9.82. The second-order valence-corrected chi connectivity index (χ2v) is 9.82. The third kappa shape index (κ3) is 4.89. The number of carbonyl (C=O) groups excluding carboxylic acids is 2. The molecule has 2 aromatic carbocycles. The van der Waals surface area contributed by atoms with Crippen LogP contribution in [0.5, 0.6) is 0 Å². The molecule has 2 fully saturated rings. The Balaban J connectivity index is 1.21. The quantitative estimate of drug-likeness (QED) is 0.537. The number of hydrogen-bond donors (Lipinski definition) is 3. The summed E-state index contributed by atoms with van der Waals surface area (Å²) in [4.78, 5) is 38.6. The predicted octanol–water partition coefficient (Wildman–Crippen LogP) is 2.99. The second kappa shape index (κ2) is 9.70. The van der Waals surface area contributed by atoms with Crippen LogP contribution >= 0.6 is 0 Å². The summed E-state index contributed by atoms with van der Waals surface area (Å²) >= 11 is 0. The summed E-state index contributed by atoms with van der Waals surface area (Å²) in [5.41, 5.74) is 4.53. The molecule has 3 unspecified atom stereocenters. The summed E-state index contributed by atoms with van der Waals surface area (Å²) in [5, 5.41) is 22.1. The first kappa shape index (κ1) is 23.4. The third-order valence-electron chi connectivity index (χ3n) is 7.35. The van der Waals surface area contributed by atoms with Crippen LogP contribution in [0, 0.1) is 11.8 Å². The molecule has 1 saturated heterocycles. The molecule has 2 aromatic rings. The molecule has 1 heterocycles. The highest BCUT2D eigenvalue weighted by molar-refractivity contribution is 5.86. The molecular weight excluding hydrogens is 448 g/mol. The lowest BCUT2D eigenvalue weighted by molar-refractivity contribution is -0.150. The summed E-state index contributed by atoms with van der Waals surface area (Å²) in [7, 11) is 0. The number of β-amino-alcohol motifs (C(OH)–C–C–N with tert-alkyl or cyclic N) is 1. The number of benzene rings is 2. The molecule has 35 heavy (non-hydrogen) atoms. The van der Waals surface area contributed by atoms with Gasteiger partial charge in [0.2, 0.25) is 5.91 Å². The van der Waals surface area contributed by atoms with Gasteiger partial charge in [0.05, 0.1) is 12.0 Å². The minimum absolute atomic E-state index is 0.00190. The maximum Gasteiger partial charge on any atom is 0.407 e. The van der Waals surface area contributed by atoms with Crippen molar-refractivity contribution in [2.75, 3.05) is 19.7 Å². The summed E-state index contributed by atoms with van der Waals surface area (Å²) < 4.78 is 5.58. The van der Waals surface area contributed by atoms with Crippen molar-refractivity contribution >= 4 is 18.0 Å². The maximum absolute atomic E-state index is 13.2. The first-order chi connectivity index (χ1) is 16.9. The lowest BCUT2D eigenvalue weighted by Crippen LogP contribution is -2.46. The molecule has 184 valence electrons. The van der Waals surface area contributed by atoms with Gasteiger partial charge in [-0.2, -0.15) is 0 Å². The van der Waals surface area contributed by atoms with Crippen molar-refractivity contribution in [3.63, 3.8) is 0 Å². The molecule has 0 bridgehead atoms. The van der Waals surface area contributed by atoms with Gasteiger partial charge in [0.15, 0.2) is 0 Å². The number of carboxylic acids is 1. The number of likely N-dealkylation sites (tertiary alicyclic amines) is 1. The minimum atomic E-state index is -1.12. The van der Waals surface area contributed by atoms with Gasteiger partial charge in [-0.25, -0.2) is 9.59 Å². The number of nitrogens with one attached hydrogen (secondary N) is 1. The maximum atomic E-state index is 13.2. The van der Waals surface area contributed by atoms with Crippen LogP contribution in [0.15, 0.2) is 48.5 Å². The third-order valence-corrected chi connectivity index (χ3v) is 7.35. The zero-order valence-corrected chi connectivity index (χ0v) is 19.4. The molecular formula is C27H30N2O6. The van der Waals surface area contributed by atoms with Crippen LogP contribution in [0.25, 0.3) is 11.1 Å². The molecule has 2 amide bonds. The van der Waals surface area contributed by atoms with Crippen molar-refractivity contribution in [2.24, 2.45) is 11.8 Å². The van der Waals surface area contributed by atoms with E-state index in [4.69, 9.17) is 4.74 Å². The topological polar surface area (TPSA) is 116 Å². The smallest absolute Gasteiger partial charge is 0.407 e. The van der Waals surface area contributed by atoms with E-state index in [1.54, 1.807) is 0 Å². The molecule has 3 aliphatic rings. The fraction of sp³-hybridized carbons (Fsp3) is 0.444. The van der Waals surface area contributed by atoms with Crippen LogP contribution in [0.2, 0.25) is 0 Å². The van der Waals surface area contributed by atoms with Crippen LogP contribution in [-0.2, 0) is 14.3 Å². The Bertz CT molecular complexity index is 1080. The Hall–Kier alpha value is -3.39. The standard InChI is InChI=1S/C27H30N2O6/c30-18-12-24(26(32)33)29(14-18)25(31)17(11-16-9-10-16)13-28-27(34)35-15-23-21-7-3-1-5-19(21)20-6-2-4-8-22(20)23/h1-8,16-18,23-24,30H,9-15H2,(H,28,34)(H,32,33). The van der Waals surface area contributed by atoms with Gasteiger partial charge in [-0.15, -0.1) is 0 Å². The van der Waals surface area contributed by atoms with E-state index in [1.165, 1.54) is 4.90 Å². The van der Waals surface area contributed by atoms with E-state index in [1.807, 2.05) is 24.3 Å². The summed E-state index contributed by atoms with van der Waals surface area (Å²) in [6.07, 6.45) is 1.21. The summed E-state index contributed by atoms with van der Waals surface area (Å²) in [6.45, 7) is 0.257. The number of carboxylic acid groups (broad SMARTS) is 1. The first-order valence-corrected chi connectivity index (χ1v) is 12.2. The Morgan fingerprint density at radius 1 is 1.03 bits per heavy atom. The zero-order chi connectivity index (χ0) is 24.5. The van der Waals surface area contributed by atoms with Gasteiger partial charge in [0.1, 0.15) is 12.6 Å². The Morgan fingerprint density at radius 2 is 1.66 bits per heavy atom. The number of aliphatic hydroxyl groups is 1. The summed E-state index contributed by atoms with van der Waals surface area (Å²) in [6, 6.07) is 15.2. The zero-order valence-electron chi connectivity index (χ0n) is 19.4. The highest BCUT2D eigenvalue weighted by Gasteiger charge is 2.42. The van der Waals surface area contributed by atoms with Crippen LogP contribution in [0.1, 0.15) is 42.7 Å². The molecule has 1 saturated carbocycles. The van der Waals surface area contributed by atoms with E-state index in [9.17, 15) is 24.6 Å². The monoisotopic (exact) mass is 478 g/mol. The van der Waals surface area contributed by atoms with Gasteiger partial charge < -0.3 is 25.2 Å². The van der Waals surface area contributed by atoms with Crippen molar-refractivity contribution in [3.05, 3.63) is 59.7 Å². The molecule has 1 aliphatic heterocycles. The average molecular weight is 479 g/mol. The number of fused-ring (bicyclic) bond motifs is 3. The molecule has 0 spiro atoms. The number of amides is 2. The van der Waals surface area contributed by atoms with Gasteiger partial charge in [0.25, 0.3) is 0 Å². The van der Waals surface area contributed by atoms with E-state index in [2.05, 4.69) is 29.6 Å². The van der Waals surface area contributed by atoms with E-state index in [0.29, 0.717) is 12.3 Å². The number of carbonyl (C=O) groups is 3. The van der Waals surface area contributed by atoms with Gasteiger partial charge in [-0.05, 0) is 34.6 Å². The molecule has 5 rings (SSSR count). The molecule has 3 atom stereocenters. The Morgan fingerprint density at radius 3 is 2.26 bits per heavy atom. The van der Waals surface area contributed by atoms with E-state index < -0.39 is 30.1 Å². The number of aliphatic hydroxyl groups excluding tert-OH is 1.